The number of nitrogens with zero attached hydrogens (tertiary/aromatic N) is 1. The topological polar surface area (TPSA) is 55.8 Å². The second-order valence-corrected chi connectivity index (χ2v) is 5.50. The summed E-state index contributed by atoms with van der Waals surface area (Å²) in [6, 6.07) is 8.80. The Morgan fingerprint density at radius 1 is 1.19 bits per heavy atom. The summed E-state index contributed by atoms with van der Waals surface area (Å²) in [5.41, 5.74) is 0.538. The fourth-order valence-corrected chi connectivity index (χ4v) is 2.94. The first-order valence-electron chi connectivity index (χ1n) is 7.45. The third-order valence-electron chi connectivity index (χ3n) is 4.10. The Morgan fingerprint density at radius 2 is 2.00 bits per heavy atom. The lowest BCUT2D eigenvalue weighted by Gasteiger charge is -2.30. The van der Waals surface area contributed by atoms with E-state index in [1.165, 1.54) is 0 Å². The molecule has 2 saturated heterocycles. The highest BCUT2D eigenvalue weighted by Crippen LogP contribution is 2.25. The molecule has 5 nitrogen and oxygen atoms in total. The van der Waals surface area contributed by atoms with Gasteiger partial charge in [-0.2, -0.15) is 0 Å². The van der Waals surface area contributed by atoms with E-state index in [2.05, 4.69) is 0 Å². The Labute approximate surface area is 123 Å². The van der Waals surface area contributed by atoms with Crippen LogP contribution in [-0.4, -0.2) is 42.3 Å². The van der Waals surface area contributed by atoms with Crippen molar-refractivity contribution in [2.24, 2.45) is 0 Å². The summed E-state index contributed by atoms with van der Waals surface area (Å²) in [7, 11) is 0. The fraction of sp³-hybridized carbons (Fsp3) is 0.500. The van der Waals surface area contributed by atoms with E-state index in [1.54, 1.807) is 17.0 Å². The molecule has 2 atom stereocenters. The van der Waals surface area contributed by atoms with Crippen LogP contribution in [0.4, 0.5) is 4.79 Å². The molecule has 0 saturated carbocycles. The van der Waals surface area contributed by atoms with Crippen LogP contribution < -0.4 is 0 Å². The predicted molar refractivity (Wildman–Crippen MR) is 76.0 cm³/mol. The minimum atomic E-state index is -0.333. The number of hydrogen-bond acceptors (Lipinski definition) is 4. The van der Waals surface area contributed by atoms with Crippen molar-refractivity contribution < 1.29 is 19.1 Å². The van der Waals surface area contributed by atoms with Crippen molar-refractivity contribution in [3.05, 3.63) is 35.9 Å². The maximum atomic E-state index is 12.2. The van der Waals surface area contributed by atoms with Gasteiger partial charge in [-0.3, -0.25) is 4.90 Å². The normalized spacial score (nSPS) is 25.5. The monoisotopic (exact) mass is 289 g/mol. The van der Waals surface area contributed by atoms with Crippen LogP contribution in [0.1, 0.15) is 36.0 Å². The SMILES string of the molecule is O=C(O[C@H]1CCCCCN2C(=O)OC[C@H]12)c1ccccc1. The lowest BCUT2D eigenvalue weighted by Crippen LogP contribution is -2.45. The summed E-state index contributed by atoms with van der Waals surface area (Å²) >= 11 is 0. The number of cyclic esters (lactones) is 1. The first-order chi connectivity index (χ1) is 10.3. The minimum Gasteiger partial charge on any atom is -0.456 e. The number of ether oxygens (including phenoxy) is 2. The number of fused-ring (bicyclic) bond motifs is 1. The van der Waals surface area contributed by atoms with E-state index in [1.807, 2.05) is 18.2 Å². The summed E-state index contributed by atoms with van der Waals surface area (Å²) in [5.74, 6) is -0.333. The van der Waals surface area contributed by atoms with Crippen molar-refractivity contribution in [3.8, 4) is 0 Å². The van der Waals surface area contributed by atoms with Gasteiger partial charge >= 0.3 is 12.1 Å². The molecule has 0 spiro atoms. The Kier molecular flexibility index (Phi) is 4.08. The van der Waals surface area contributed by atoms with Crippen LogP contribution in [0, 0.1) is 0 Å². The smallest absolute Gasteiger partial charge is 0.410 e. The van der Waals surface area contributed by atoms with Gasteiger partial charge in [0.15, 0.2) is 0 Å². The van der Waals surface area contributed by atoms with E-state index in [9.17, 15) is 9.59 Å². The van der Waals surface area contributed by atoms with Gasteiger partial charge in [0.1, 0.15) is 18.8 Å². The Bertz CT molecular complexity index is 516. The van der Waals surface area contributed by atoms with Crippen molar-refractivity contribution in [2.45, 2.75) is 37.8 Å². The van der Waals surface area contributed by atoms with Crippen molar-refractivity contribution >= 4 is 12.1 Å². The number of carbonyl (C=O) groups excluding carboxylic acids is 2. The van der Waals surface area contributed by atoms with Gasteiger partial charge in [0.25, 0.3) is 0 Å². The van der Waals surface area contributed by atoms with Gasteiger partial charge in [0.05, 0.1) is 5.56 Å². The molecule has 1 amide bonds. The Hall–Kier alpha value is -2.04. The molecular formula is C16H19NO4. The van der Waals surface area contributed by atoms with Gasteiger partial charge in [0.2, 0.25) is 0 Å². The first-order valence-corrected chi connectivity index (χ1v) is 7.45. The average Bonchev–Trinajstić information content (AvgIpc) is 2.84. The third-order valence-corrected chi connectivity index (χ3v) is 4.10. The lowest BCUT2D eigenvalue weighted by molar-refractivity contribution is 0.00398. The van der Waals surface area contributed by atoms with E-state index >= 15 is 0 Å². The molecule has 0 radical (unpaired) electrons. The zero-order chi connectivity index (χ0) is 14.7. The maximum Gasteiger partial charge on any atom is 0.410 e. The Balaban J connectivity index is 1.73. The van der Waals surface area contributed by atoms with E-state index in [0.717, 1.165) is 25.7 Å². The molecule has 0 aromatic heterocycles. The number of carbonyl (C=O) groups is 2. The number of hydrogen-bond donors (Lipinski definition) is 0. The average molecular weight is 289 g/mol. The van der Waals surface area contributed by atoms with Crippen LogP contribution in [0.3, 0.4) is 0 Å². The quantitative estimate of drug-likeness (QED) is 0.785. The molecule has 1 aromatic rings. The summed E-state index contributed by atoms with van der Waals surface area (Å²) < 4.78 is 10.8. The zero-order valence-corrected chi connectivity index (χ0v) is 11.9. The van der Waals surface area contributed by atoms with Gasteiger partial charge in [-0.15, -0.1) is 0 Å². The molecule has 2 heterocycles. The second kappa shape index (κ2) is 6.16. The predicted octanol–water partition coefficient (Wildman–Crippen LogP) is 2.61. The van der Waals surface area contributed by atoms with Gasteiger partial charge in [-0.1, -0.05) is 24.6 Å². The highest BCUT2D eigenvalue weighted by atomic mass is 16.6. The summed E-state index contributed by atoms with van der Waals surface area (Å²) in [5, 5.41) is 0. The molecule has 0 N–H and O–H groups in total. The van der Waals surface area contributed by atoms with Gasteiger partial charge in [-0.05, 0) is 31.4 Å². The molecule has 0 aliphatic carbocycles. The largest absolute Gasteiger partial charge is 0.456 e. The zero-order valence-electron chi connectivity index (χ0n) is 11.9. The first kappa shape index (κ1) is 13.9. The van der Waals surface area contributed by atoms with E-state index in [-0.39, 0.29) is 24.2 Å². The third kappa shape index (κ3) is 3.01. The molecule has 2 fully saturated rings. The van der Waals surface area contributed by atoms with Crippen LogP contribution in [0.5, 0.6) is 0 Å². The molecule has 2 aliphatic rings. The molecule has 112 valence electrons. The molecule has 5 heteroatoms. The van der Waals surface area contributed by atoms with Crippen LogP contribution in [0.25, 0.3) is 0 Å². The fourth-order valence-electron chi connectivity index (χ4n) is 2.94. The van der Waals surface area contributed by atoms with E-state index in [4.69, 9.17) is 9.47 Å². The minimum absolute atomic E-state index is 0.148. The van der Waals surface area contributed by atoms with Gasteiger partial charge < -0.3 is 9.47 Å². The van der Waals surface area contributed by atoms with Crippen LogP contribution >= 0.6 is 0 Å². The van der Waals surface area contributed by atoms with E-state index < -0.39 is 0 Å². The van der Waals surface area contributed by atoms with Crippen molar-refractivity contribution in [1.82, 2.24) is 4.90 Å². The molecule has 0 unspecified atom stereocenters. The molecule has 21 heavy (non-hydrogen) atoms. The van der Waals surface area contributed by atoms with Crippen LogP contribution in [-0.2, 0) is 9.47 Å². The maximum absolute atomic E-state index is 12.2. The summed E-state index contributed by atoms with van der Waals surface area (Å²) in [6.07, 6.45) is 3.22. The highest BCUT2D eigenvalue weighted by molar-refractivity contribution is 5.89. The number of esters is 1. The van der Waals surface area contributed by atoms with Gasteiger partial charge in [0, 0.05) is 6.54 Å². The number of amides is 1. The van der Waals surface area contributed by atoms with Crippen molar-refractivity contribution in [1.29, 1.82) is 0 Å². The molecule has 1 aromatic carbocycles. The van der Waals surface area contributed by atoms with Crippen molar-refractivity contribution in [3.63, 3.8) is 0 Å². The standard InChI is InChI=1S/C16H19NO4/c18-15(12-7-3-1-4-8-12)21-14-9-5-2-6-10-17-13(14)11-20-16(17)19/h1,3-4,7-8,13-14H,2,5-6,9-11H2/t13-,14+/m1/s1. The molecule has 2 aliphatic heterocycles. The molecular weight excluding hydrogens is 270 g/mol. The van der Waals surface area contributed by atoms with E-state index in [0.29, 0.717) is 18.7 Å². The summed E-state index contributed by atoms with van der Waals surface area (Å²) in [6.45, 7) is 0.995. The number of benzene rings is 1. The molecule has 0 bridgehead atoms. The Morgan fingerprint density at radius 3 is 2.81 bits per heavy atom. The lowest BCUT2D eigenvalue weighted by atomic mass is 10.00. The van der Waals surface area contributed by atoms with Gasteiger partial charge in [-0.25, -0.2) is 9.59 Å². The summed E-state index contributed by atoms with van der Waals surface area (Å²) in [4.78, 5) is 25.7. The van der Waals surface area contributed by atoms with Crippen LogP contribution in [0.2, 0.25) is 0 Å². The van der Waals surface area contributed by atoms with Crippen molar-refractivity contribution in [2.75, 3.05) is 13.2 Å². The number of rotatable bonds is 2. The van der Waals surface area contributed by atoms with Crippen LogP contribution in [0.15, 0.2) is 30.3 Å². The molecule has 3 rings (SSSR count). The second-order valence-electron chi connectivity index (χ2n) is 5.50. The highest BCUT2D eigenvalue weighted by Gasteiger charge is 2.40.